The van der Waals surface area contributed by atoms with Gasteiger partial charge in [0.05, 0.1) is 11.1 Å². The predicted molar refractivity (Wildman–Crippen MR) is 123 cm³/mol. The van der Waals surface area contributed by atoms with Crippen LogP contribution >= 0.6 is 0 Å². The topological polar surface area (TPSA) is 0 Å². The van der Waals surface area contributed by atoms with Gasteiger partial charge in [0, 0.05) is 10.9 Å². The standard InChI is InChI=1S/C28H22F6/c1-2-3-4-5-17-6-12-22-19(14-17)9-13-23(27(22)31)20-15-24(29)26(25(30)16-20)18-7-10-21(11-8-18)28(32,33)34/h6-16H,2-5H2,1H3. The zero-order valence-electron chi connectivity index (χ0n) is 18.4. The van der Waals surface area contributed by atoms with Crippen LogP contribution in [-0.4, -0.2) is 0 Å². The number of unbranched alkanes of at least 4 members (excludes halogenated alkanes) is 2. The van der Waals surface area contributed by atoms with E-state index < -0.39 is 34.8 Å². The summed E-state index contributed by atoms with van der Waals surface area (Å²) in [7, 11) is 0. The minimum absolute atomic E-state index is 0.0112. The molecule has 0 saturated heterocycles. The molecule has 0 nitrogen and oxygen atoms in total. The van der Waals surface area contributed by atoms with Gasteiger partial charge in [-0.2, -0.15) is 13.2 Å². The van der Waals surface area contributed by atoms with Crippen LogP contribution in [0.25, 0.3) is 33.0 Å². The molecule has 4 rings (SSSR count). The molecule has 0 atom stereocenters. The van der Waals surface area contributed by atoms with Crippen LogP contribution in [0.5, 0.6) is 0 Å². The molecule has 0 fully saturated rings. The Hall–Kier alpha value is -3.28. The van der Waals surface area contributed by atoms with Crippen molar-refractivity contribution in [3.8, 4) is 22.3 Å². The van der Waals surface area contributed by atoms with E-state index in [-0.39, 0.29) is 16.7 Å². The van der Waals surface area contributed by atoms with Crippen LogP contribution < -0.4 is 0 Å². The van der Waals surface area contributed by atoms with Gasteiger partial charge in [-0.15, -0.1) is 0 Å². The molecular weight excluding hydrogens is 450 g/mol. The molecule has 0 N–H and O–H groups in total. The van der Waals surface area contributed by atoms with Crippen molar-refractivity contribution >= 4 is 10.8 Å². The molecule has 4 aromatic carbocycles. The highest BCUT2D eigenvalue weighted by atomic mass is 19.4. The molecule has 0 aromatic heterocycles. The molecule has 0 spiro atoms. The fraction of sp³-hybridized carbons (Fsp3) is 0.214. The minimum atomic E-state index is -4.55. The maximum atomic E-state index is 15.3. The average Bonchev–Trinajstić information content (AvgIpc) is 2.79. The Morgan fingerprint density at radius 2 is 1.38 bits per heavy atom. The van der Waals surface area contributed by atoms with Crippen molar-refractivity contribution in [2.24, 2.45) is 0 Å². The highest BCUT2D eigenvalue weighted by molar-refractivity contribution is 5.89. The zero-order valence-corrected chi connectivity index (χ0v) is 18.4. The number of halogens is 6. The SMILES string of the molecule is CCCCCc1ccc2c(F)c(-c3cc(F)c(-c4ccc(C(F)(F)F)cc4)c(F)c3)ccc2c1. The Morgan fingerprint density at radius 3 is 2.00 bits per heavy atom. The molecule has 176 valence electrons. The Bertz CT molecular complexity index is 1300. The van der Waals surface area contributed by atoms with Gasteiger partial charge in [0.2, 0.25) is 0 Å². The molecule has 0 saturated carbocycles. The summed E-state index contributed by atoms with van der Waals surface area (Å²) in [6.07, 6.45) is -0.383. The average molecular weight is 472 g/mol. The fourth-order valence-electron chi connectivity index (χ4n) is 4.13. The third kappa shape index (κ3) is 4.81. The maximum absolute atomic E-state index is 15.3. The first-order valence-electron chi connectivity index (χ1n) is 11.1. The van der Waals surface area contributed by atoms with Gasteiger partial charge in [0.1, 0.15) is 17.5 Å². The van der Waals surface area contributed by atoms with Crippen LogP contribution in [0.3, 0.4) is 0 Å². The number of alkyl halides is 3. The lowest BCUT2D eigenvalue weighted by Gasteiger charge is -2.12. The van der Waals surface area contributed by atoms with Crippen molar-refractivity contribution in [3.05, 3.63) is 95.3 Å². The molecule has 4 aromatic rings. The van der Waals surface area contributed by atoms with Gasteiger partial charge in [-0.05, 0) is 59.2 Å². The molecule has 0 bridgehead atoms. The smallest absolute Gasteiger partial charge is 0.206 e. The largest absolute Gasteiger partial charge is 0.416 e. The number of hydrogen-bond donors (Lipinski definition) is 0. The highest BCUT2D eigenvalue weighted by Crippen LogP contribution is 2.36. The quantitative estimate of drug-likeness (QED) is 0.194. The Balaban J connectivity index is 1.69. The number of rotatable bonds is 6. The second-order valence-electron chi connectivity index (χ2n) is 8.33. The van der Waals surface area contributed by atoms with E-state index in [2.05, 4.69) is 6.92 Å². The lowest BCUT2D eigenvalue weighted by molar-refractivity contribution is -0.137. The van der Waals surface area contributed by atoms with Gasteiger partial charge in [-0.3, -0.25) is 0 Å². The van der Waals surface area contributed by atoms with E-state index in [1.54, 1.807) is 12.1 Å². The molecule has 0 unspecified atom stereocenters. The summed E-state index contributed by atoms with van der Waals surface area (Å²) in [5.41, 5.74) is -0.258. The van der Waals surface area contributed by atoms with E-state index in [9.17, 15) is 22.0 Å². The van der Waals surface area contributed by atoms with Gasteiger partial charge in [-0.25, -0.2) is 13.2 Å². The predicted octanol–water partition coefficient (Wildman–Crippen LogP) is 9.34. The summed E-state index contributed by atoms with van der Waals surface area (Å²) < 4.78 is 83.4. The summed E-state index contributed by atoms with van der Waals surface area (Å²) in [4.78, 5) is 0. The first kappa shape index (κ1) is 23.9. The normalized spacial score (nSPS) is 11.9. The first-order chi connectivity index (χ1) is 16.2. The van der Waals surface area contributed by atoms with E-state index in [0.29, 0.717) is 10.8 Å². The Kier molecular flexibility index (Phi) is 6.69. The van der Waals surface area contributed by atoms with Gasteiger partial charge < -0.3 is 0 Å². The van der Waals surface area contributed by atoms with E-state index in [1.165, 1.54) is 6.07 Å². The first-order valence-corrected chi connectivity index (χ1v) is 11.1. The van der Waals surface area contributed by atoms with Crippen LogP contribution in [0, 0.1) is 17.5 Å². The number of hydrogen-bond acceptors (Lipinski definition) is 0. The molecule has 0 aliphatic rings. The molecule has 0 heterocycles. The number of fused-ring (bicyclic) bond motifs is 1. The molecule has 0 aliphatic heterocycles. The van der Waals surface area contributed by atoms with Crippen molar-refractivity contribution in [1.29, 1.82) is 0 Å². The lowest BCUT2D eigenvalue weighted by Crippen LogP contribution is -2.04. The fourth-order valence-corrected chi connectivity index (χ4v) is 4.13. The van der Waals surface area contributed by atoms with Crippen LogP contribution in [0.2, 0.25) is 0 Å². The third-order valence-electron chi connectivity index (χ3n) is 5.94. The molecule has 34 heavy (non-hydrogen) atoms. The summed E-state index contributed by atoms with van der Waals surface area (Å²) >= 11 is 0. The van der Waals surface area contributed by atoms with Crippen molar-refractivity contribution in [3.63, 3.8) is 0 Å². The summed E-state index contributed by atoms with van der Waals surface area (Å²) in [6, 6.07) is 14.2. The van der Waals surface area contributed by atoms with Crippen molar-refractivity contribution in [2.75, 3.05) is 0 Å². The second-order valence-corrected chi connectivity index (χ2v) is 8.33. The van der Waals surface area contributed by atoms with Gasteiger partial charge >= 0.3 is 6.18 Å². The van der Waals surface area contributed by atoms with Gasteiger partial charge in [0.15, 0.2) is 0 Å². The maximum Gasteiger partial charge on any atom is 0.416 e. The molecular formula is C28H22F6. The molecule has 6 heteroatoms. The van der Waals surface area contributed by atoms with E-state index in [0.717, 1.165) is 67.6 Å². The molecule has 0 aliphatic carbocycles. The number of aryl methyl sites for hydroxylation is 1. The van der Waals surface area contributed by atoms with Crippen LogP contribution in [0.4, 0.5) is 26.3 Å². The van der Waals surface area contributed by atoms with Gasteiger partial charge in [-0.1, -0.05) is 62.2 Å². The monoisotopic (exact) mass is 472 g/mol. The van der Waals surface area contributed by atoms with Crippen LogP contribution in [0.15, 0.2) is 66.7 Å². The second kappa shape index (κ2) is 9.53. The lowest BCUT2D eigenvalue weighted by atomic mass is 9.95. The van der Waals surface area contributed by atoms with E-state index in [1.807, 2.05) is 12.1 Å². The van der Waals surface area contributed by atoms with Crippen LogP contribution in [-0.2, 0) is 12.6 Å². The Morgan fingerprint density at radius 1 is 0.706 bits per heavy atom. The van der Waals surface area contributed by atoms with Crippen molar-refractivity contribution in [2.45, 2.75) is 38.8 Å². The summed E-state index contributed by atoms with van der Waals surface area (Å²) in [5.74, 6) is -2.56. The molecule has 0 radical (unpaired) electrons. The third-order valence-corrected chi connectivity index (χ3v) is 5.94. The van der Waals surface area contributed by atoms with Crippen molar-refractivity contribution < 1.29 is 26.3 Å². The molecule has 0 amide bonds. The highest BCUT2D eigenvalue weighted by Gasteiger charge is 2.30. The zero-order chi connectivity index (χ0) is 24.5. The number of benzene rings is 4. The van der Waals surface area contributed by atoms with Gasteiger partial charge in [0.25, 0.3) is 0 Å². The summed E-state index contributed by atoms with van der Waals surface area (Å²) in [5, 5.41) is 1.06. The minimum Gasteiger partial charge on any atom is -0.206 e. The Labute approximate surface area is 193 Å². The van der Waals surface area contributed by atoms with Crippen molar-refractivity contribution in [1.82, 2.24) is 0 Å². The van der Waals surface area contributed by atoms with E-state index >= 15 is 4.39 Å². The van der Waals surface area contributed by atoms with E-state index in [4.69, 9.17) is 0 Å². The summed E-state index contributed by atoms with van der Waals surface area (Å²) in [6.45, 7) is 2.12. The van der Waals surface area contributed by atoms with Crippen LogP contribution in [0.1, 0.15) is 37.3 Å².